The Balaban J connectivity index is 1.79. The second kappa shape index (κ2) is 6.91. The molecular weight excluding hydrogens is 246 g/mol. The van der Waals surface area contributed by atoms with E-state index in [-0.39, 0.29) is 5.54 Å². The molecule has 1 aliphatic carbocycles. The van der Waals surface area contributed by atoms with E-state index in [1.54, 1.807) is 0 Å². The standard InChI is InChI=1S/C17H31N3/c1-4-17(13-18,19-16-8-9-16)10-6-12-20-11-5-7-14(2)15(20)3/h14-16,19H,4-12H2,1-3H3. The molecule has 3 nitrogen and oxygen atoms in total. The van der Waals surface area contributed by atoms with Crippen LogP contribution in [0.2, 0.25) is 0 Å². The van der Waals surface area contributed by atoms with Gasteiger partial charge in [-0.05, 0) is 70.9 Å². The van der Waals surface area contributed by atoms with Crippen LogP contribution in [0.4, 0.5) is 0 Å². The molecule has 20 heavy (non-hydrogen) atoms. The SMILES string of the molecule is CCC(C#N)(CCCN1CCCC(C)C1C)NC1CC1. The predicted molar refractivity (Wildman–Crippen MR) is 83.5 cm³/mol. The summed E-state index contributed by atoms with van der Waals surface area (Å²) in [5, 5.41) is 13.1. The number of piperidine rings is 1. The van der Waals surface area contributed by atoms with Gasteiger partial charge in [-0.2, -0.15) is 5.26 Å². The Bertz CT molecular complexity index is 345. The summed E-state index contributed by atoms with van der Waals surface area (Å²) in [7, 11) is 0. The maximum Gasteiger partial charge on any atom is 0.106 e. The zero-order valence-corrected chi connectivity index (χ0v) is 13.5. The molecule has 1 aliphatic heterocycles. The van der Waals surface area contributed by atoms with Crippen LogP contribution in [0.5, 0.6) is 0 Å². The van der Waals surface area contributed by atoms with Gasteiger partial charge in [-0.25, -0.2) is 0 Å². The number of nitriles is 1. The Morgan fingerprint density at radius 2 is 2.05 bits per heavy atom. The zero-order valence-electron chi connectivity index (χ0n) is 13.5. The van der Waals surface area contributed by atoms with Gasteiger partial charge < -0.3 is 4.90 Å². The summed E-state index contributed by atoms with van der Waals surface area (Å²) in [6, 6.07) is 3.89. The molecule has 0 aromatic carbocycles. The van der Waals surface area contributed by atoms with Crippen molar-refractivity contribution in [3.05, 3.63) is 0 Å². The molecule has 2 rings (SSSR count). The molecule has 3 heteroatoms. The average Bonchev–Trinajstić information content (AvgIpc) is 3.26. The van der Waals surface area contributed by atoms with E-state index in [0.717, 1.165) is 31.7 Å². The molecule has 0 spiro atoms. The first-order valence-electron chi connectivity index (χ1n) is 8.53. The van der Waals surface area contributed by atoms with Crippen LogP contribution in [0.25, 0.3) is 0 Å². The van der Waals surface area contributed by atoms with Crippen molar-refractivity contribution >= 4 is 0 Å². The van der Waals surface area contributed by atoms with Crippen LogP contribution in [-0.4, -0.2) is 35.6 Å². The summed E-state index contributed by atoms with van der Waals surface area (Å²) in [6.45, 7) is 9.28. The minimum absolute atomic E-state index is 0.272. The normalized spacial score (nSPS) is 30.7. The molecule has 2 fully saturated rings. The highest BCUT2D eigenvalue weighted by Gasteiger charge is 2.35. The van der Waals surface area contributed by atoms with Gasteiger partial charge in [0.05, 0.1) is 6.07 Å². The molecule has 0 amide bonds. The van der Waals surface area contributed by atoms with Crippen molar-refractivity contribution in [2.24, 2.45) is 5.92 Å². The summed E-state index contributed by atoms with van der Waals surface area (Å²) in [5.41, 5.74) is -0.272. The van der Waals surface area contributed by atoms with E-state index in [9.17, 15) is 5.26 Å². The zero-order chi connectivity index (χ0) is 14.6. The third-order valence-electron chi connectivity index (χ3n) is 5.43. The lowest BCUT2D eigenvalue weighted by atomic mass is 9.89. The maximum atomic E-state index is 9.56. The molecular formula is C17H31N3. The highest BCUT2D eigenvalue weighted by Crippen LogP contribution is 2.28. The highest BCUT2D eigenvalue weighted by molar-refractivity contribution is 5.09. The summed E-state index contributed by atoms with van der Waals surface area (Å²) in [4.78, 5) is 2.63. The number of nitrogens with zero attached hydrogens (tertiary/aromatic N) is 2. The second-order valence-electron chi connectivity index (χ2n) is 6.97. The molecule has 3 atom stereocenters. The number of rotatable bonds is 7. The van der Waals surface area contributed by atoms with Crippen molar-refractivity contribution in [1.82, 2.24) is 10.2 Å². The number of hydrogen-bond acceptors (Lipinski definition) is 3. The largest absolute Gasteiger partial charge is 0.300 e. The van der Waals surface area contributed by atoms with Crippen LogP contribution in [0.3, 0.4) is 0 Å². The lowest BCUT2D eigenvalue weighted by Gasteiger charge is -2.38. The summed E-state index contributed by atoms with van der Waals surface area (Å²) >= 11 is 0. The van der Waals surface area contributed by atoms with Crippen LogP contribution in [0, 0.1) is 17.2 Å². The van der Waals surface area contributed by atoms with Crippen LogP contribution in [0.1, 0.15) is 65.7 Å². The van der Waals surface area contributed by atoms with Gasteiger partial charge in [0.25, 0.3) is 0 Å². The first kappa shape index (κ1) is 15.8. The third kappa shape index (κ3) is 3.96. The quantitative estimate of drug-likeness (QED) is 0.776. The smallest absolute Gasteiger partial charge is 0.106 e. The fraction of sp³-hybridized carbons (Fsp3) is 0.941. The molecule has 1 saturated heterocycles. The number of hydrogen-bond donors (Lipinski definition) is 1. The van der Waals surface area contributed by atoms with Gasteiger partial charge in [0.1, 0.15) is 5.54 Å². The van der Waals surface area contributed by atoms with Gasteiger partial charge in [-0.3, -0.25) is 5.32 Å². The summed E-state index contributed by atoms with van der Waals surface area (Å²) in [6.07, 6.45) is 8.27. The van der Waals surface area contributed by atoms with Gasteiger partial charge in [0.2, 0.25) is 0 Å². The van der Waals surface area contributed by atoms with Crippen LogP contribution in [-0.2, 0) is 0 Å². The van der Waals surface area contributed by atoms with Crippen molar-refractivity contribution in [2.45, 2.75) is 83.3 Å². The van der Waals surface area contributed by atoms with Crippen molar-refractivity contribution in [1.29, 1.82) is 5.26 Å². The van der Waals surface area contributed by atoms with E-state index in [1.807, 2.05) is 0 Å². The molecule has 0 bridgehead atoms. The van der Waals surface area contributed by atoms with Crippen LogP contribution < -0.4 is 5.32 Å². The molecule has 2 aliphatic rings. The third-order valence-corrected chi connectivity index (χ3v) is 5.43. The van der Waals surface area contributed by atoms with E-state index in [0.29, 0.717) is 12.1 Å². The molecule has 1 saturated carbocycles. The van der Waals surface area contributed by atoms with E-state index >= 15 is 0 Å². The minimum Gasteiger partial charge on any atom is -0.300 e. The van der Waals surface area contributed by atoms with Gasteiger partial charge >= 0.3 is 0 Å². The monoisotopic (exact) mass is 277 g/mol. The summed E-state index contributed by atoms with van der Waals surface area (Å²) < 4.78 is 0. The molecule has 114 valence electrons. The minimum atomic E-state index is -0.272. The van der Waals surface area contributed by atoms with E-state index in [2.05, 4.69) is 37.1 Å². The first-order valence-corrected chi connectivity index (χ1v) is 8.53. The first-order chi connectivity index (χ1) is 9.60. The van der Waals surface area contributed by atoms with Crippen molar-refractivity contribution in [3.63, 3.8) is 0 Å². The van der Waals surface area contributed by atoms with E-state index < -0.39 is 0 Å². The van der Waals surface area contributed by atoms with Crippen LogP contribution >= 0.6 is 0 Å². The lowest BCUT2D eigenvalue weighted by molar-refractivity contribution is 0.109. The lowest BCUT2D eigenvalue weighted by Crippen LogP contribution is -2.46. The Morgan fingerprint density at radius 1 is 1.30 bits per heavy atom. The fourth-order valence-corrected chi connectivity index (χ4v) is 3.46. The van der Waals surface area contributed by atoms with Crippen molar-refractivity contribution < 1.29 is 0 Å². The molecule has 0 aromatic heterocycles. The van der Waals surface area contributed by atoms with Gasteiger partial charge in [0.15, 0.2) is 0 Å². The number of nitrogens with one attached hydrogen (secondary N) is 1. The molecule has 0 aromatic rings. The molecule has 1 N–H and O–H groups in total. The van der Waals surface area contributed by atoms with Crippen molar-refractivity contribution in [2.75, 3.05) is 13.1 Å². The molecule has 3 unspecified atom stereocenters. The Kier molecular flexibility index (Phi) is 5.46. The average molecular weight is 277 g/mol. The van der Waals surface area contributed by atoms with E-state index in [4.69, 9.17) is 0 Å². The van der Waals surface area contributed by atoms with Crippen LogP contribution in [0.15, 0.2) is 0 Å². The van der Waals surface area contributed by atoms with Gasteiger partial charge in [-0.15, -0.1) is 0 Å². The molecule has 0 radical (unpaired) electrons. The van der Waals surface area contributed by atoms with Gasteiger partial charge in [0, 0.05) is 12.1 Å². The maximum absolute atomic E-state index is 9.56. The number of likely N-dealkylation sites (tertiary alicyclic amines) is 1. The summed E-state index contributed by atoms with van der Waals surface area (Å²) in [5.74, 6) is 0.820. The topological polar surface area (TPSA) is 39.1 Å². The Hall–Kier alpha value is -0.590. The fourth-order valence-electron chi connectivity index (χ4n) is 3.46. The molecule has 1 heterocycles. The van der Waals surface area contributed by atoms with Crippen molar-refractivity contribution in [3.8, 4) is 6.07 Å². The Labute approximate surface area is 124 Å². The second-order valence-corrected chi connectivity index (χ2v) is 6.97. The van der Waals surface area contributed by atoms with E-state index in [1.165, 1.54) is 32.2 Å². The Morgan fingerprint density at radius 3 is 2.65 bits per heavy atom. The highest BCUT2D eigenvalue weighted by atomic mass is 15.2. The predicted octanol–water partition coefficient (Wildman–Crippen LogP) is 3.31. The van der Waals surface area contributed by atoms with Gasteiger partial charge in [-0.1, -0.05) is 13.8 Å².